The van der Waals surface area contributed by atoms with Gasteiger partial charge in [-0.2, -0.15) is 0 Å². The molecule has 17 heavy (non-hydrogen) atoms. The summed E-state index contributed by atoms with van der Waals surface area (Å²) in [6.45, 7) is 4.56. The van der Waals surface area contributed by atoms with E-state index in [2.05, 4.69) is 4.90 Å². The molecule has 1 fully saturated rings. The lowest BCUT2D eigenvalue weighted by Gasteiger charge is -2.35. The van der Waals surface area contributed by atoms with E-state index in [0.29, 0.717) is 0 Å². The molecule has 4 nitrogen and oxygen atoms in total. The summed E-state index contributed by atoms with van der Waals surface area (Å²) < 4.78 is 1.64. The summed E-state index contributed by atoms with van der Waals surface area (Å²) in [7, 11) is 1.78. The number of anilines is 1. The van der Waals surface area contributed by atoms with Crippen LogP contribution in [0.1, 0.15) is 26.7 Å². The van der Waals surface area contributed by atoms with Gasteiger partial charge in [0.25, 0.3) is 5.56 Å². The van der Waals surface area contributed by atoms with E-state index in [0.717, 1.165) is 25.2 Å². The smallest absolute Gasteiger partial charge is 0.251 e. The van der Waals surface area contributed by atoms with Crippen molar-refractivity contribution in [2.45, 2.75) is 38.3 Å². The molecule has 0 spiro atoms. The van der Waals surface area contributed by atoms with Crippen LogP contribution < -0.4 is 10.5 Å². The first-order valence-corrected chi connectivity index (χ1v) is 6.06. The highest BCUT2D eigenvalue weighted by atomic mass is 16.3. The Kier molecular flexibility index (Phi) is 3.00. The Balaban J connectivity index is 2.40. The zero-order valence-electron chi connectivity index (χ0n) is 10.7. The summed E-state index contributed by atoms with van der Waals surface area (Å²) in [4.78, 5) is 13.8. The third-order valence-corrected chi connectivity index (χ3v) is 3.52. The fraction of sp³-hybridized carbons (Fsp3) is 0.615. The number of hydrogen-bond donors (Lipinski definition) is 1. The van der Waals surface area contributed by atoms with Gasteiger partial charge in [-0.05, 0) is 32.8 Å². The van der Waals surface area contributed by atoms with Crippen LogP contribution in [-0.2, 0) is 7.05 Å². The Morgan fingerprint density at radius 3 is 2.76 bits per heavy atom. The molecule has 1 aliphatic heterocycles. The maximum atomic E-state index is 11.6. The van der Waals surface area contributed by atoms with Crippen LogP contribution in [0, 0.1) is 0 Å². The maximum Gasteiger partial charge on any atom is 0.251 e. The molecular formula is C13H20N2O2. The molecule has 0 aromatic carbocycles. The minimum atomic E-state index is -0.748. The molecule has 1 saturated heterocycles. The van der Waals surface area contributed by atoms with E-state index in [9.17, 15) is 9.90 Å². The first-order chi connectivity index (χ1) is 7.91. The molecule has 4 heteroatoms. The molecule has 2 heterocycles. The normalized spacial score (nSPS) is 20.9. The van der Waals surface area contributed by atoms with Crippen LogP contribution in [-0.4, -0.2) is 27.9 Å². The molecule has 0 bridgehead atoms. The van der Waals surface area contributed by atoms with E-state index >= 15 is 0 Å². The van der Waals surface area contributed by atoms with E-state index in [1.807, 2.05) is 19.9 Å². The SMILES string of the molecule is Cn1c(N2CCC[C@H]2C(C)(C)O)cccc1=O. The molecular weight excluding hydrogens is 216 g/mol. The Labute approximate surface area is 101 Å². The average molecular weight is 236 g/mol. The number of aliphatic hydroxyl groups is 1. The van der Waals surface area contributed by atoms with Crippen LogP contribution in [0.3, 0.4) is 0 Å². The Morgan fingerprint density at radius 2 is 2.12 bits per heavy atom. The van der Waals surface area contributed by atoms with E-state index < -0.39 is 5.60 Å². The van der Waals surface area contributed by atoms with Gasteiger partial charge < -0.3 is 10.0 Å². The van der Waals surface area contributed by atoms with Crippen molar-refractivity contribution in [3.63, 3.8) is 0 Å². The molecule has 0 unspecified atom stereocenters. The van der Waals surface area contributed by atoms with Crippen molar-refractivity contribution in [1.82, 2.24) is 4.57 Å². The minimum Gasteiger partial charge on any atom is -0.388 e. The molecule has 1 aliphatic rings. The standard InChI is InChI=1S/C13H20N2O2/c1-13(2,17)10-6-5-9-15(10)11-7-4-8-12(16)14(11)3/h4,7-8,10,17H,5-6,9H2,1-3H3/t10-/m0/s1. The lowest BCUT2D eigenvalue weighted by Crippen LogP contribution is -2.47. The zero-order chi connectivity index (χ0) is 12.6. The minimum absolute atomic E-state index is 0.0103. The van der Waals surface area contributed by atoms with E-state index in [-0.39, 0.29) is 11.6 Å². The van der Waals surface area contributed by atoms with Gasteiger partial charge in [-0.25, -0.2) is 0 Å². The Bertz CT molecular complexity index is 459. The first kappa shape index (κ1) is 12.2. The molecule has 2 rings (SSSR count). The van der Waals surface area contributed by atoms with Gasteiger partial charge in [0.15, 0.2) is 0 Å². The largest absolute Gasteiger partial charge is 0.388 e. The van der Waals surface area contributed by atoms with Crippen LogP contribution in [0.25, 0.3) is 0 Å². The highest BCUT2D eigenvalue weighted by molar-refractivity contribution is 5.43. The van der Waals surface area contributed by atoms with Gasteiger partial charge in [-0.15, -0.1) is 0 Å². The van der Waals surface area contributed by atoms with E-state index in [1.54, 1.807) is 23.7 Å². The second-order valence-electron chi connectivity index (χ2n) is 5.29. The summed E-state index contributed by atoms with van der Waals surface area (Å²) in [6, 6.07) is 5.34. The fourth-order valence-electron chi connectivity index (χ4n) is 2.62. The highest BCUT2D eigenvalue weighted by Crippen LogP contribution is 2.30. The highest BCUT2D eigenvalue weighted by Gasteiger charge is 2.36. The van der Waals surface area contributed by atoms with E-state index in [1.165, 1.54) is 0 Å². The maximum absolute atomic E-state index is 11.6. The van der Waals surface area contributed by atoms with Gasteiger partial charge in [0.2, 0.25) is 0 Å². The van der Waals surface area contributed by atoms with Crippen molar-refractivity contribution in [1.29, 1.82) is 0 Å². The van der Waals surface area contributed by atoms with Crippen LogP contribution in [0.4, 0.5) is 5.82 Å². The third kappa shape index (κ3) is 2.22. The number of aromatic nitrogens is 1. The van der Waals surface area contributed by atoms with E-state index in [4.69, 9.17) is 0 Å². The summed E-state index contributed by atoms with van der Waals surface area (Å²) in [5.74, 6) is 0.891. The van der Waals surface area contributed by atoms with Crippen molar-refractivity contribution >= 4 is 5.82 Å². The molecule has 1 aromatic heterocycles. The third-order valence-electron chi connectivity index (χ3n) is 3.52. The first-order valence-electron chi connectivity index (χ1n) is 6.06. The average Bonchev–Trinajstić information content (AvgIpc) is 2.70. The zero-order valence-corrected chi connectivity index (χ0v) is 10.7. The van der Waals surface area contributed by atoms with Crippen LogP contribution in [0.5, 0.6) is 0 Å². The summed E-state index contributed by atoms with van der Waals surface area (Å²) in [6.07, 6.45) is 2.02. The van der Waals surface area contributed by atoms with Crippen molar-refractivity contribution in [3.05, 3.63) is 28.6 Å². The topological polar surface area (TPSA) is 45.5 Å². The number of nitrogens with zero attached hydrogens (tertiary/aromatic N) is 2. The molecule has 94 valence electrons. The van der Waals surface area contributed by atoms with Crippen molar-refractivity contribution in [3.8, 4) is 0 Å². The number of rotatable bonds is 2. The monoisotopic (exact) mass is 236 g/mol. The second kappa shape index (κ2) is 4.18. The number of hydrogen-bond acceptors (Lipinski definition) is 3. The van der Waals surface area contributed by atoms with Gasteiger partial charge in [0.1, 0.15) is 5.82 Å². The molecule has 0 saturated carbocycles. The van der Waals surface area contributed by atoms with Crippen LogP contribution in [0.2, 0.25) is 0 Å². The predicted molar refractivity (Wildman–Crippen MR) is 68.3 cm³/mol. The quantitative estimate of drug-likeness (QED) is 0.837. The van der Waals surface area contributed by atoms with Gasteiger partial charge in [-0.3, -0.25) is 9.36 Å². The number of pyridine rings is 1. The molecule has 0 amide bonds. The Morgan fingerprint density at radius 1 is 1.41 bits per heavy atom. The van der Waals surface area contributed by atoms with Gasteiger partial charge in [-0.1, -0.05) is 6.07 Å². The molecule has 0 radical (unpaired) electrons. The predicted octanol–water partition coefficient (Wildman–Crippen LogP) is 1.12. The van der Waals surface area contributed by atoms with Gasteiger partial charge in [0.05, 0.1) is 11.6 Å². The lowest BCUT2D eigenvalue weighted by atomic mass is 9.97. The second-order valence-corrected chi connectivity index (χ2v) is 5.29. The van der Waals surface area contributed by atoms with Crippen LogP contribution in [0.15, 0.2) is 23.0 Å². The summed E-state index contributed by atoms with van der Waals surface area (Å²) in [5.41, 5.74) is -0.758. The molecule has 1 aromatic rings. The van der Waals surface area contributed by atoms with Gasteiger partial charge >= 0.3 is 0 Å². The molecule has 1 N–H and O–H groups in total. The fourth-order valence-corrected chi connectivity index (χ4v) is 2.62. The molecule has 0 aliphatic carbocycles. The van der Waals surface area contributed by atoms with Gasteiger partial charge in [0, 0.05) is 19.7 Å². The summed E-state index contributed by atoms with van der Waals surface area (Å²) in [5, 5.41) is 10.2. The Hall–Kier alpha value is -1.29. The summed E-state index contributed by atoms with van der Waals surface area (Å²) >= 11 is 0. The van der Waals surface area contributed by atoms with Crippen LogP contribution >= 0.6 is 0 Å². The van der Waals surface area contributed by atoms with Crippen molar-refractivity contribution in [2.75, 3.05) is 11.4 Å². The van der Waals surface area contributed by atoms with Crippen molar-refractivity contribution in [2.24, 2.45) is 7.05 Å². The molecule has 1 atom stereocenters. The lowest BCUT2D eigenvalue weighted by molar-refractivity contribution is 0.0531. The van der Waals surface area contributed by atoms with Crippen molar-refractivity contribution < 1.29 is 5.11 Å².